The van der Waals surface area contributed by atoms with E-state index in [-0.39, 0.29) is 0 Å². The van der Waals surface area contributed by atoms with Gasteiger partial charge in [0.15, 0.2) is 0 Å². The van der Waals surface area contributed by atoms with E-state index < -0.39 is 6.10 Å². The van der Waals surface area contributed by atoms with E-state index in [0.29, 0.717) is 27.1 Å². The van der Waals surface area contributed by atoms with Gasteiger partial charge in [-0.05, 0) is 19.1 Å². The molecule has 1 N–H and O–H groups in total. The summed E-state index contributed by atoms with van der Waals surface area (Å²) in [5.74, 6) is 0. The Balaban J connectivity index is 2.33. The number of benzene rings is 1. The molecule has 3 nitrogen and oxygen atoms in total. The fourth-order valence-corrected chi connectivity index (χ4v) is 2.90. The zero-order valence-corrected chi connectivity index (χ0v) is 12.8. The highest BCUT2D eigenvalue weighted by Crippen LogP contribution is 2.33. The Hall–Kier alpha value is -0.740. The fourth-order valence-electron chi connectivity index (χ4n) is 2.02. The maximum absolute atomic E-state index is 10.3. The van der Waals surface area contributed by atoms with Crippen molar-refractivity contribution in [1.29, 1.82) is 0 Å². The minimum atomic E-state index is -0.825. The molecule has 0 radical (unpaired) electrons. The normalized spacial score (nSPS) is 12.7. The molecule has 102 valence electrons. The van der Waals surface area contributed by atoms with E-state index in [4.69, 9.17) is 34.8 Å². The highest BCUT2D eigenvalue weighted by atomic mass is 35.5. The van der Waals surface area contributed by atoms with Crippen molar-refractivity contribution >= 4 is 34.8 Å². The van der Waals surface area contributed by atoms with E-state index in [9.17, 15) is 5.11 Å². The van der Waals surface area contributed by atoms with Gasteiger partial charge in [-0.15, -0.1) is 0 Å². The maximum Gasteiger partial charge on any atom is 0.0874 e. The number of aryl methyl sites for hydroxylation is 2. The Bertz CT molecular complexity index is 590. The molecule has 6 heteroatoms. The SMILES string of the molecule is Cc1nn(C)c(CC(O)c2c(Cl)cccc2Cl)c1Cl. The Morgan fingerprint density at radius 2 is 1.84 bits per heavy atom. The van der Waals surface area contributed by atoms with E-state index in [1.54, 1.807) is 29.9 Å². The number of aliphatic hydroxyl groups is 1. The van der Waals surface area contributed by atoms with Crippen LogP contribution in [0, 0.1) is 6.92 Å². The fraction of sp³-hybridized carbons (Fsp3) is 0.308. The van der Waals surface area contributed by atoms with Gasteiger partial charge in [-0.3, -0.25) is 4.68 Å². The molecule has 0 aliphatic heterocycles. The van der Waals surface area contributed by atoms with Crippen molar-refractivity contribution in [1.82, 2.24) is 9.78 Å². The summed E-state index contributed by atoms with van der Waals surface area (Å²) in [7, 11) is 1.79. The van der Waals surface area contributed by atoms with Gasteiger partial charge in [-0.2, -0.15) is 5.10 Å². The van der Waals surface area contributed by atoms with Crippen LogP contribution in [-0.4, -0.2) is 14.9 Å². The molecule has 0 spiro atoms. The largest absolute Gasteiger partial charge is 0.388 e. The van der Waals surface area contributed by atoms with Crippen LogP contribution in [0.4, 0.5) is 0 Å². The van der Waals surface area contributed by atoms with Crippen LogP contribution in [0.15, 0.2) is 18.2 Å². The maximum atomic E-state index is 10.3. The third-order valence-electron chi connectivity index (χ3n) is 2.98. The monoisotopic (exact) mass is 318 g/mol. The summed E-state index contributed by atoms with van der Waals surface area (Å²) in [6, 6.07) is 5.13. The first-order valence-electron chi connectivity index (χ1n) is 5.71. The summed E-state index contributed by atoms with van der Waals surface area (Å²) in [6.45, 7) is 1.82. The Morgan fingerprint density at radius 3 is 2.32 bits per heavy atom. The molecule has 1 atom stereocenters. The summed E-state index contributed by atoms with van der Waals surface area (Å²) < 4.78 is 1.66. The van der Waals surface area contributed by atoms with Gasteiger partial charge in [0.1, 0.15) is 0 Å². The van der Waals surface area contributed by atoms with Gasteiger partial charge >= 0.3 is 0 Å². The molecule has 0 amide bonds. The van der Waals surface area contributed by atoms with Crippen molar-refractivity contribution in [3.63, 3.8) is 0 Å². The lowest BCUT2D eigenvalue weighted by molar-refractivity contribution is 0.176. The van der Waals surface area contributed by atoms with Crippen molar-refractivity contribution in [2.24, 2.45) is 7.05 Å². The van der Waals surface area contributed by atoms with Crippen LogP contribution in [0.1, 0.15) is 23.1 Å². The van der Waals surface area contributed by atoms with Gasteiger partial charge in [0, 0.05) is 29.1 Å². The van der Waals surface area contributed by atoms with Gasteiger partial charge in [-0.1, -0.05) is 40.9 Å². The molecule has 1 unspecified atom stereocenters. The number of halogens is 3. The lowest BCUT2D eigenvalue weighted by Gasteiger charge is -2.14. The van der Waals surface area contributed by atoms with Gasteiger partial charge in [0.2, 0.25) is 0 Å². The smallest absolute Gasteiger partial charge is 0.0874 e. The minimum Gasteiger partial charge on any atom is -0.388 e. The second kappa shape index (κ2) is 5.71. The second-order valence-electron chi connectivity index (χ2n) is 4.32. The van der Waals surface area contributed by atoms with E-state index in [1.807, 2.05) is 6.92 Å². The van der Waals surface area contributed by atoms with Crippen LogP contribution in [0.3, 0.4) is 0 Å². The van der Waals surface area contributed by atoms with Crippen molar-refractivity contribution < 1.29 is 5.11 Å². The lowest BCUT2D eigenvalue weighted by atomic mass is 10.0. The predicted octanol–water partition coefficient (Wildman–Crippen LogP) is 3.96. The highest BCUT2D eigenvalue weighted by molar-refractivity contribution is 6.36. The first-order valence-corrected chi connectivity index (χ1v) is 6.85. The number of hydrogen-bond acceptors (Lipinski definition) is 2. The summed E-state index contributed by atoms with van der Waals surface area (Å²) in [5.41, 5.74) is 2.00. The molecule has 0 aliphatic rings. The Labute approximate surface area is 126 Å². The first kappa shape index (κ1) is 14.7. The average Bonchev–Trinajstić information content (AvgIpc) is 2.56. The Morgan fingerprint density at radius 1 is 1.26 bits per heavy atom. The van der Waals surface area contributed by atoms with Crippen molar-refractivity contribution in [3.05, 3.63) is 50.2 Å². The number of aromatic nitrogens is 2. The molecular formula is C13H13Cl3N2O. The van der Waals surface area contributed by atoms with E-state index in [2.05, 4.69) is 5.10 Å². The molecule has 2 aromatic rings. The molecule has 1 aromatic carbocycles. The van der Waals surface area contributed by atoms with Crippen LogP contribution in [0.5, 0.6) is 0 Å². The average molecular weight is 320 g/mol. The summed E-state index contributed by atoms with van der Waals surface area (Å²) in [6.07, 6.45) is -0.520. The van der Waals surface area contributed by atoms with Gasteiger partial charge in [0.25, 0.3) is 0 Å². The predicted molar refractivity (Wildman–Crippen MR) is 78.1 cm³/mol. The number of nitrogens with zero attached hydrogens (tertiary/aromatic N) is 2. The molecule has 0 saturated carbocycles. The summed E-state index contributed by atoms with van der Waals surface area (Å²) in [5, 5.41) is 16.0. The standard InChI is InChI=1S/C13H13Cl3N2O/c1-7-13(16)10(18(2)17-7)6-11(19)12-8(14)4-3-5-9(12)15/h3-5,11,19H,6H2,1-2H3. The van der Waals surface area contributed by atoms with E-state index in [0.717, 1.165) is 11.4 Å². The van der Waals surface area contributed by atoms with Gasteiger partial charge < -0.3 is 5.11 Å². The molecule has 19 heavy (non-hydrogen) atoms. The van der Waals surface area contributed by atoms with Crippen LogP contribution in [0.25, 0.3) is 0 Å². The second-order valence-corrected chi connectivity index (χ2v) is 5.52. The molecule has 0 saturated heterocycles. The molecule has 2 rings (SSSR count). The van der Waals surface area contributed by atoms with E-state index >= 15 is 0 Å². The molecule has 0 bridgehead atoms. The first-order chi connectivity index (χ1) is 8.91. The van der Waals surface area contributed by atoms with Crippen molar-refractivity contribution in [3.8, 4) is 0 Å². The highest BCUT2D eigenvalue weighted by Gasteiger charge is 2.20. The lowest BCUT2D eigenvalue weighted by Crippen LogP contribution is -2.08. The molecular weight excluding hydrogens is 307 g/mol. The van der Waals surface area contributed by atoms with Crippen molar-refractivity contribution in [2.75, 3.05) is 0 Å². The summed E-state index contributed by atoms with van der Waals surface area (Å²) >= 11 is 18.3. The molecule has 1 aromatic heterocycles. The topological polar surface area (TPSA) is 38.0 Å². The number of aliphatic hydroxyl groups excluding tert-OH is 1. The van der Waals surface area contributed by atoms with Crippen LogP contribution in [-0.2, 0) is 13.5 Å². The van der Waals surface area contributed by atoms with Crippen molar-refractivity contribution in [2.45, 2.75) is 19.4 Å². The van der Waals surface area contributed by atoms with Crippen LogP contribution < -0.4 is 0 Å². The van der Waals surface area contributed by atoms with Gasteiger partial charge in [-0.25, -0.2) is 0 Å². The quantitative estimate of drug-likeness (QED) is 0.929. The van der Waals surface area contributed by atoms with E-state index in [1.165, 1.54) is 0 Å². The minimum absolute atomic E-state index is 0.305. The summed E-state index contributed by atoms with van der Waals surface area (Å²) in [4.78, 5) is 0. The molecule has 1 heterocycles. The number of rotatable bonds is 3. The molecule has 0 aliphatic carbocycles. The third kappa shape index (κ3) is 2.90. The molecule has 0 fully saturated rings. The third-order valence-corrected chi connectivity index (χ3v) is 4.13. The zero-order chi connectivity index (χ0) is 14.2. The van der Waals surface area contributed by atoms with Crippen LogP contribution in [0.2, 0.25) is 15.1 Å². The van der Waals surface area contributed by atoms with Gasteiger partial charge in [0.05, 0.1) is 22.5 Å². The zero-order valence-electron chi connectivity index (χ0n) is 10.5. The van der Waals surface area contributed by atoms with Crippen LogP contribution >= 0.6 is 34.8 Å². The Kier molecular flexibility index (Phi) is 4.41. The number of hydrogen-bond donors (Lipinski definition) is 1.